The number of phenols is 1. The molecule has 0 fully saturated rings. The minimum absolute atomic E-state index is 0.165. The average Bonchev–Trinajstić information content (AvgIpc) is 2.27. The molecule has 0 aliphatic heterocycles. The lowest BCUT2D eigenvalue weighted by atomic mass is 10.1. The van der Waals surface area contributed by atoms with E-state index < -0.39 is 4.92 Å². The minimum atomic E-state index is -0.570. The van der Waals surface area contributed by atoms with Gasteiger partial charge >= 0.3 is 0 Å². The fourth-order valence-corrected chi connectivity index (χ4v) is 1.75. The van der Waals surface area contributed by atoms with Gasteiger partial charge < -0.3 is 10.4 Å². The van der Waals surface area contributed by atoms with Crippen molar-refractivity contribution in [3.05, 3.63) is 40.4 Å². The van der Waals surface area contributed by atoms with Crippen LogP contribution in [0.1, 0.15) is 6.92 Å². The Balaban J connectivity index is 2.66. The predicted octanol–water partition coefficient (Wildman–Crippen LogP) is 2.41. The molecule has 0 aromatic heterocycles. The second-order valence-electron chi connectivity index (χ2n) is 3.84. The van der Waals surface area contributed by atoms with Crippen LogP contribution in [0.2, 0.25) is 0 Å². The standard InChI is InChI=1S/C12H10N2O4/c1-7(15)13-9-3-2-8-4-10(16)6-12(14(17)18)11(8)5-9/h2-6,16H,1H3,(H,13,15). The molecule has 0 atom stereocenters. The first-order valence-corrected chi connectivity index (χ1v) is 5.16. The van der Waals surface area contributed by atoms with Gasteiger partial charge in [-0.2, -0.15) is 0 Å². The van der Waals surface area contributed by atoms with Crippen LogP contribution in [0.5, 0.6) is 5.75 Å². The monoisotopic (exact) mass is 246 g/mol. The summed E-state index contributed by atoms with van der Waals surface area (Å²) in [5.74, 6) is -0.419. The summed E-state index contributed by atoms with van der Waals surface area (Å²) in [6.07, 6.45) is 0. The second kappa shape index (κ2) is 4.33. The van der Waals surface area contributed by atoms with E-state index in [1.165, 1.54) is 19.1 Å². The highest BCUT2D eigenvalue weighted by atomic mass is 16.6. The number of phenolic OH excluding ortho intramolecular Hbond substituents is 1. The van der Waals surface area contributed by atoms with Crippen molar-refractivity contribution >= 4 is 28.1 Å². The molecule has 0 saturated heterocycles. The van der Waals surface area contributed by atoms with Crippen LogP contribution in [0, 0.1) is 10.1 Å². The zero-order valence-corrected chi connectivity index (χ0v) is 9.51. The fraction of sp³-hybridized carbons (Fsp3) is 0.0833. The molecule has 0 unspecified atom stereocenters. The molecule has 2 aromatic rings. The summed E-state index contributed by atoms with van der Waals surface area (Å²) in [4.78, 5) is 21.3. The number of nitrogens with one attached hydrogen (secondary N) is 1. The van der Waals surface area contributed by atoms with Gasteiger partial charge in [-0.05, 0) is 23.6 Å². The lowest BCUT2D eigenvalue weighted by molar-refractivity contribution is -0.383. The van der Waals surface area contributed by atoms with Gasteiger partial charge in [-0.15, -0.1) is 0 Å². The largest absolute Gasteiger partial charge is 0.508 e. The van der Waals surface area contributed by atoms with E-state index in [1.54, 1.807) is 12.1 Å². The van der Waals surface area contributed by atoms with E-state index in [-0.39, 0.29) is 17.3 Å². The normalized spacial score (nSPS) is 10.3. The number of anilines is 1. The Bertz CT molecular complexity index is 652. The van der Waals surface area contributed by atoms with Crippen LogP contribution in [0.25, 0.3) is 10.8 Å². The Kier molecular flexibility index (Phi) is 2.85. The summed E-state index contributed by atoms with van der Waals surface area (Å²) in [5, 5.41) is 23.8. The fourth-order valence-electron chi connectivity index (χ4n) is 1.75. The van der Waals surface area contributed by atoms with E-state index in [4.69, 9.17) is 0 Å². The Labute approximate surface area is 102 Å². The number of nitro benzene ring substituents is 1. The van der Waals surface area contributed by atoms with Crippen molar-refractivity contribution in [2.24, 2.45) is 0 Å². The molecule has 6 heteroatoms. The van der Waals surface area contributed by atoms with Gasteiger partial charge in [-0.3, -0.25) is 14.9 Å². The van der Waals surface area contributed by atoms with Gasteiger partial charge in [-0.1, -0.05) is 6.07 Å². The molecule has 0 bridgehead atoms. The molecular weight excluding hydrogens is 236 g/mol. The smallest absolute Gasteiger partial charge is 0.280 e. The summed E-state index contributed by atoms with van der Waals surface area (Å²) < 4.78 is 0. The molecule has 2 aromatic carbocycles. The molecule has 0 aliphatic carbocycles. The molecule has 0 radical (unpaired) electrons. The number of nitro groups is 1. The van der Waals surface area contributed by atoms with Gasteiger partial charge in [0.15, 0.2) is 0 Å². The third-order valence-corrected chi connectivity index (χ3v) is 2.43. The third kappa shape index (κ3) is 2.22. The predicted molar refractivity (Wildman–Crippen MR) is 66.6 cm³/mol. The Morgan fingerprint density at radius 2 is 2.06 bits per heavy atom. The number of hydrogen-bond acceptors (Lipinski definition) is 4. The number of rotatable bonds is 2. The molecule has 92 valence electrons. The van der Waals surface area contributed by atoms with Crippen LogP contribution >= 0.6 is 0 Å². The quantitative estimate of drug-likeness (QED) is 0.628. The lowest BCUT2D eigenvalue weighted by Gasteiger charge is -2.05. The summed E-state index contributed by atoms with van der Waals surface area (Å²) in [6, 6.07) is 7.24. The van der Waals surface area contributed by atoms with E-state index in [2.05, 4.69) is 5.32 Å². The molecule has 0 aliphatic rings. The van der Waals surface area contributed by atoms with Gasteiger partial charge in [0.1, 0.15) is 5.75 Å². The maximum absolute atomic E-state index is 10.9. The van der Waals surface area contributed by atoms with E-state index in [0.29, 0.717) is 16.5 Å². The zero-order chi connectivity index (χ0) is 13.3. The number of aromatic hydroxyl groups is 1. The molecule has 0 heterocycles. The maximum Gasteiger partial charge on any atom is 0.280 e. The number of fused-ring (bicyclic) bond motifs is 1. The van der Waals surface area contributed by atoms with Crippen LogP contribution in [0.3, 0.4) is 0 Å². The molecule has 6 nitrogen and oxygen atoms in total. The second-order valence-corrected chi connectivity index (χ2v) is 3.84. The van der Waals surface area contributed by atoms with Crippen molar-refractivity contribution in [3.63, 3.8) is 0 Å². The third-order valence-electron chi connectivity index (χ3n) is 2.43. The Morgan fingerprint density at radius 1 is 1.33 bits per heavy atom. The van der Waals surface area contributed by atoms with Gasteiger partial charge in [0.2, 0.25) is 5.91 Å². The first-order valence-electron chi connectivity index (χ1n) is 5.16. The van der Waals surface area contributed by atoms with E-state index in [0.717, 1.165) is 6.07 Å². The number of amides is 1. The van der Waals surface area contributed by atoms with Crippen molar-refractivity contribution in [1.82, 2.24) is 0 Å². The van der Waals surface area contributed by atoms with Crippen LogP contribution in [-0.4, -0.2) is 15.9 Å². The van der Waals surface area contributed by atoms with Gasteiger partial charge in [0, 0.05) is 12.6 Å². The van der Waals surface area contributed by atoms with Crippen LogP contribution in [-0.2, 0) is 4.79 Å². The number of nitrogens with zero attached hydrogens (tertiary/aromatic N) is 1. The molecule has 1 amide bonds. The van der Waals surface area contributed by atoms with Crippen molar-refractivity contribution in [2.75, 3.05) is 5.32 Å². The van der Waals surface area contributed by atoms with Crippen molar-refractivity contribution < 1.29 is 14.8 Å². The van der Waals surface area contributed by atoms with E-state index in [9.17, 15) is 20.0 Å². The first kappa shape index (κ1) is 11.8. The molecule has 0 spiro atoms. The first-order chi connectivity index (χ1) is 8.47. The van der Waals surface area contributed by atoms with Crippen molar-refractivity contribution in [1.29, 1.82) is 0 Å². The molecular formula is C12H10N2O4. The van der Waals surface area contributed by atoms with Crippen molar-refractivity contribution in [3.8, 4) is 5.75 Å². The Morgan fingerprint density at radius 3 is 2.67 bits per heavy atom. The lowest BCUT2D eigenvalue weighted by Crippen LogP contribution is -2.05. The van der Waals surface area contributed by atoms with E-state index in [1.807, 2.05) is 0 Å². The number of carbonyl (C=O) groups is 1. The molecule has 2 N–H and O–H groups in total. The highest BCUT2D eigenvalue weighted by molar-refractivity contribution is 5.97. The van der Waals surface area contributed by atoms with Gasteiger partial charge in [0.25, 0.3) is 5.69 Å². The van der Waals surface area contributed by atoms with Gasteiger partial charge in [-0.25, -0.2) is 0 Å². The number of non-ortho nitro benzene ring substituents is 1. The summed E-state index contributed by atoms with van der Waals surface area (Å²) in [7, 11) is 0. The van der Waals surface area contributed by atoms with Gasteiger partial charge in [0.05, 0.1) is 16.4 Å². The Hall–Kier alpha value is -2.63. The number of benzene rings is 2. The summed E-state index contributed by atoms with van der Waals surface area (Å²) >= 11 is 0. The SMILES string of the molecule is CC(=O)Nc1ccc2cc(O)cc([N+](=O)[O-])c2c1. The zero-order valence-electron chi connectivity index (χ0n) is 9.51. The van der Waals surface area contributed by atoms with Crippen LogP contribution in [0.15, 0.2) is 30.3 Å². The highest BCUT2D eigenvalue weighted by Crippen LogP contribution is 2.32. The number of carbonyl (C=O) groups excluding carboxylic acids is 1. The molecule has 0 saturated carbocycles. The minimum Gasteiger partial charge on any atom is -0.508 e. The van der Waals surface area contributed by atoms with Crippen molar-refractivity contribution in [2.45, 2.75) is 6.92 Å². The topological polar surface area (TPSA) is 92.5 Å². The summed E-state index contributed by atoms with van der Waals surface area (Å²) in [5.41, 5.74) is 0.279. The van der Waals surface area contributed by atoms with Crippen LogP contribution < -0.4 is 5.32 Å². The van der Waals surface area contributed by atoms with Crippen LogP contribution in [0.4, 0.5) is 11.4 Å². The number of hydrogen-bond donors (Lipinski definition) is 2. The average molecular weight is 246 g/mol. The highest BCUT2D eigenvalue weighted by Gasteiger charge is 2.14. The maximum atomic E-state index is 10.9. The molecule has 18 heavy (non-hydrogen) atoms. The summed E-state index contributed by atoms with van der Waals surface area (Å²) in [6.45, 7) is 1.36. The molecule has 2 rings (SSSR count). The van der Waals surface area contributed by atoms with E-state index >= 15 is 0 Å².